The minimum atomic E-state index is -0.0280. The molecule has 0 aliphatic rings. The summed E-state index contributed by atoms with van der Waals surface area (Å²) >= 11 is 0. The first-order valence-corrected chi connectivity index (χ1v) is 5.40. The highest BCUT2D eigenvalue weighted by atomic mass is 16.3. The molecule has 0 saturated carbocycles. The van der Waals surface area contributed by atoms with E-state index in [0.717, 1.165) is 11.0 Å². The van der Waals surface area contributed by atoms with Gasteiger partial charge in [0, 0.05) is 11.6 Å². The number of aromatic nitrogens is 2. The average molecular weight is 239 g/mol. The minimum Gasteiger partial charge on any atom is -0.395 e. The molecule has 0 amide bonds. The van der Waals surface area contributed by atoms with Gasteiger partial charge in [0.2, 0.25) is 0 Å². The van der Waals surface area contributed by atoms with Gasteiger partial charge in [-0.15, -0.1) is 0 Å². The Morgan fingerprint density at radius 1 is 1.24 bits per heavy atom. The molecule has 0 saturated heterocycles. The SMILES string of the molecule is Nc1c(N)n(N(CCO)CCO)c2[nH]ccc12. The topological polar surface area (TPSA) is 116 Å². The molecule has 7 nitrogen and oxygen atoms in total. The van der Waals surface area contributed by atoms with Gasteiger partial charge in [0.15, 0.2) is 0 Å². The van der Waals surface area contributed by atoms with Crippen LogP contribution in [-0.2, 0) is 0 Å². The first kappa shape index (κ1) is 11.6. The Hall–Kier alpha value is -1.86. The molecule has 7 heteroatoms. The van der Waals surface area contributed by atoms with E-state index in [1.165, 1.54) is 0 Å². The Bertz CT molecular complexity index is 498. The fourth-order valence-electron chi connectivity index (χ4n) is 1.96. The number of aliphatic hydroxyl groups is 2. The first-order valence-electron chi connectivity index (χ1n) is 5.40. The van der Waals surface area contributed by atoms with Crippen molar-refractivity contribution in [3.8, 4) is 0 Å². The van der Waals surface area contributed by atoms with Crippen LogP contribution in [0.1, 0.15) is 0 Å². The van der Waals surface area contributed by atoms with Crippen LogP contribution >= 0.6 is 0 Å². The molecule has 2 rings (SSSR count). The van der Waals surface area contributed by atoms with Crippen LogP contribution in [0.4, 0.5) is 11.5 Å². The number of hydrogen-bond donors (Lipinski definition) is 5. The predicted molar refractivity (Wildman–Crippen MR) is 67.2 cm³/mol. The van der Waals surface area contributed by atoms with Gasteiger partial charge in [0.25, 0.3) is 0 Å². The van der Waals surface area contributed by atoms with E-state index in [1.807, 2.05) is 6.07 Å². The summed E-state index contributed by atoms with van der Waals surface area (Å²) in [5, 5.41) is 20.6. The van der Waals surface area contributed by atoms with Gasteiger partial charge >= 0.3 is 0 Å². The zero-order valence-corrected chi connectivity index (χ0v) is 9.43. The van der Waals surface area contributed by atoms with Crippen molar-refractivity contribution in [3.63, 3.8) is 0 Å². The zero-order valence-electron chi connectivity index (χ0n) is 9.43. The second-order valence-electron chi connectivity index (χ2n) is 3.75. The third kappa shape index (κ3) is 1.79. The average Bonchev–Trinajstić information content (AvgIpc) is 2.85. The van der Waals surface area contributed by atoms with Crippen LogP contribution in [0.15, 0.2) is 12.3 Å². The van der Waals surface area contributed by atoms with Gasteiger partial charge in [-0.05, 0) is 6.07 Å². The number of nitrogens with two attached hydrogens (primary N) is 2. The molecule has 0 aliphatic heterocycles. The van der Waals surface area contributed by atoms with Crippen LogP contribution in [0.2, 0.25) is 0 Å². The van der Waals surface area contributed by atoms with Gasteiger partial charge in [0.05, 0.1) is 32.0 Å². The van der Waals surface area contributed by atoms with Crippen LogP contribution in [-0.4, -0.2) is 46.2 Å². The van der Waals surface area contributed by atoms with Crippen LogP contribution in [0, 0.1) is 0 Å². The molecule has 2 aromatic rings. The summed E-state index contributed by atoms with van der Waals surface area (Å²) in [7, 11) is 0. The van der Waals surface area contributed by atoms with Gasteiger partial charge in [0.1, 0.15) is 11.5 Å². The summed E-state index contributed by atoms with van der Waals surface area (Å²) in [6.45, 7) is 0.680. The van der Waals surface area contributed by atoms with E-state index < -0.39 is 0 Å². The van der Waals surface area contributed by atoms with Gasteiger partial charge in [-0.1, -0.05) is 0 Å². The number of nitrogen functional groups attached to an aromatic ring is 2. The van der Waals surface area contributed by atoms with Gasteiger partial charge in [-0.25, -0.2) is 4.68 Å². The first-order chi connectivity index (χ1) is 8.20. The molecule has 0 aliphatic carbocycles. The maximum atomic E-state index is 9.03. The fourth-order valence-corrected chi connectivity index (χ4v) is 1.96. The molecule has 0 fully saturated rings. The molecule has 2 heterocycles. The molecule has 7 N–H and O–H groups in total. The third-order valence-corrected chi connectivity index (χ3v) is 2.73. The number of anilines is 2. The lowest BCUT2D eigenvalue weighted by Crippen LogP contribution is -2.40. The van der Waals surface area contributed by atoms with E-state index in [4.69, 9.17) is 21.7 Å². The number of H-pyrrole nitrogens is 1. The smallest absolute Gasteiger partial charge is 0.148 e. The summed E-state index contributed by atoms with van der Waals surface area (Å²) in [6.07, 6.45) is 1.77. The molecule has 2 aromatic heterocycles. The van der Waals surface area contributed by atoms with Crippen molar-refractivity contribution in [2.45, 2.75) is 0 Å². The predicted octanol–water partition coefficient (Wildman–Crippen LogP) is -0.944. The minimum absolute atomic E-state index is 0.0280. The lowest BCUT2D eigenvalue weighted by Gasteiger charge is -2.25. The van der Waals surface area contributed by atoms with E-state index >= 15 is 0 Å². The molecule has 0 atom stereocenters. The van der Waals surface area contributed by atoms with E-state index in [-0.39, 0.29) is 13.2 Å². The number of aromatic amines is 1. The maximum Gasteiger partial charge on any atom is 0.148 e. The highest BCUT2D eigenvalue weighted by Gasteiger charge is 2.17. The maximum absolute atomic E-state index is 9.03. The van der Waals surface area contributed by atoms with E-state index in [2.05, 4.69) is 4.98 Å². The van der Waals surface area contributed by atoms with Crippen molar-refractivity contribution in [2.75, 3.05) is 42.8 Å². The van der Waals surface area contributed by atoms with Crippen molar-refractivity contribution < 1.29 is 10.2 Å². The zero-order chi connectivity index (χ0) is 12.4. The second kappa shape index (κ2) is 4.56. The third-order valence-electron chi connectivity index (χ3n) is 2.73. The summed E-state index contributed by atoms with van der Waals surface area (Å²) in [5.74, 6) is 0.411. The number of nitrogens with one attached hydrogen (secondary N) is 1. The van der Waals surface area contributed by atoms with E-state index in [0.29, 0.717) is 24.6 Å². The molecule has 0 aromatic carbocycles. The lowest BCUT2D eigenvalue weighted by atomic mass is 10.3. The molecule has 0 radical (unpaired) electrons. The second-order valence-corrected chi connectivity index (χ2v) is 3.75. The molecule has 0 spiro atoms. The van der Waals surface area contributed by atoms with E-state index in [9.17, 15) is 0 Å². The largest absolute Gasteiger partial charge is 0.395 e. The van der Waals surface area contributed by atoms with Crippen LogP contribution < -0.4 is 16.5 Å². The van der Waals surface area contributed by atoms with E-state index in [1.54, 1.807) is 15.9 Å². The Morgan fingerprint density at radius 2 is 1.88 bits per heavy atom. The number of rotatable bonds is 5. The Morgan fingerprint density at radius 3 is 2.47 bits per heavy atom. The lowest BCUT2D eigenvalue weighted by molar-refractivity contribution is 0.267. The van der Waals surface area contributed by atoms with Crippen molar-refractivity contribution in [1.29, 1.82) is 0 Å². The van der Waals surface area contributed by atoms with Crippen molar-refractivity contribution in [3.05, 3.63) is 12.3 Å². The van der Waals surface area contributed by atoms with Crippen molar-refractivity contribution in [2.24, 2.45) is 0 Å². The number of nitrogens with zero attached hydrogens (tertiary/aromatic N) is 2. The van der Waals surface area contributed by atoms with Gasteiger partial charge < -0.3 is 31.7 Å². The molecule has 0 unspecified atom stereocenters. The van der Waals surface area contributed by atoms with Crippen LogP contribution in [0.25, 0.3) is 11.0 Å². The fraction of sp³-hybridized carbons (Fsp3) is 0.400. The monoisotopic (exact) mass is 239 g/mol. The molecular formula is C10H17N5O2. The van der Waals surface area contributed by atoms with Gasteiger partial charge in [-0.2, -0.15) is 0 Å². The quantitative estimate of drug-likeness (QED) is 0.461. The normalized spacial score (nSPS) is 11.2. The standard InChI is InChI=1S/C10H17N5O2/c11-8-7-1-2-13-10(7)15(9(8)12)14(3-5-16)4-6-17/h1-2,13,16-17H,3-6,11-12H2. The molecular weight excluding hydrogens is 222 g/mol. The summed E-state index contributed by atoms with van der Waals surface area (Å²) in [5.41, 5.74) is 13.1. The van der Waals surface area contributed by atoms with Crippen molar-refractivity contribution >= 4 is 22.5 Å². The summed E-state index contributed by atoms with van der Waals surface area (Å²) < 4.78 is 1.69. The number of aliphatic hydroxyl groups excluding tert-OH is 2. The molecule has 17 heavy (non-hydrogen) atoms. The van der Waals surface area contributed by atoms with Gasteiger partial charge in [-0.3, -0.25) is 0 Å². The summed E-state index contributed by atoms with van der Waals surface area (Å²) in [6, 6.07) is 1.84. The van der Waals surface area contributed by atoms with Crippen LogP contribution in [0.5, 0.6) is 0 Å². The van der Waals surface area contributed by atoms with Crippen LogP contribution in [0.3, 0.4) is 0 Å². The number of hydrogen-bond acceptors (Lipinski definition) is 5. The van der Waals surface area contributed by atoms with Crippen molar-refractivity contribution in [1.82, 2.24) is 9.66 Å². The Kier molecular flexibility index (Phi) is 3.12. The number of fused-ring (bicyclic) bond motifs is 1. The Labute approximate surface area is 98.2 Å². The highest BCUT2D eigenvalue weighted by molar-refractivity contribution is 5.97. The summed E-state index contributed by atoms with van der Waals surface area (Å²) in [4.78, 5) is 3.05. The Balaban J connectivity index is 2.50. The molecule has 0 bridgehead atoms. The highest BCUT2D eigenvalue weighted by Crippen LogP contribution is 2.29. The molecule has 94 valence electrons.